The summed E-state index contributed by atoms with van der Waals surface area (Å²) in [6.07, 6.45) is 4.11. The Kier molecular flexibility index (Phi) is 5.55. The molecule has 0 bridgehead atoms. The first-order valence-corrected chi connectivity index (χ1v) is 8.98. The molecule has 4 heteroatoms. The van der Waals surface area contributed by atoms with Crippen molar-refractivity contribution in [1.29, 1.82) is 0 Å². The minimum absolute atomic E-state index is 0.0958. The second-order valence-corrected chi connectivity index (χ2v) is 7.26. The van der Waals surface area contributed by atoms with E-state index in [0.29, 0.717) is 17.1 Å². The van der Waals surface area contributed by atoms with Crippen molar-refractivity contribution in [2.75, 3.05) is 0 Å². The first-order chi connectivity index (χ1) is 12.9. The summed E-state index contributed by atoms with van der Waals surface area (Å²) in [7, 11) is 0. The lowest BCUT2D eigenvalue weighted by molar-refractivity contribution is 0.0913. The van der Waals surface area contributed by atoms with Crippen LogP contribution in [0.4, 0.5) is 0 Å². The van der Waals surface area contributed by atoms with Crippen LogP contribution in [0.15, 0.2) is 73.1 Å². The molecule has 1 aromatic heterocycles. The van der Waals surface area contributed by atoms with E-state index in [9.17, 15) is 4.79 Å². The van der Waals surface area contributed by atoms with E-state index in [1.54, 1.807) is 36.7 Å². The molecule has 1 N–H and O–H groups in total. The minimum Gasteiger partial charge on any atom is -0.456 e. The number of aromatic nitrogens is 1. The van der Waals surface area contributed by atoms with Crippen LogP contribution in [0.25, 0.3) is 0 Å². The SMILES string of the molecule is Cc1ccccc1CC(C)(C)NC(=O)c1ccc(Oc2cccnc2)cc1. The second kappa shape index (κ2) is 8.04. The number of aryl methyl sites for hydroxylation is 1. The molecular weight excluding hydrogens is 336 g/mol. The maximum absolute atomic E-state index is 12.6. The van der Waals surface area contributed by atoms with Gasteiger partial charge in [-0.1, -0.05) is 24.3 Å². The average molecular weight is 360 g/mol. The van der Waals surface area contributed by atoms with Gasteiger partial charge < -0.3 is 10.1 Å². The summed E-state index contributed by atoms with van der Waals surface area (Å²) in [6.45, 7) is 6.17. The molecule has 0 fully saturated rings. The second-order valence-electron chi connectivity index (χ2n) is 7.26. The highest BCUT2D eigenvalue weighted by Gasteiger charge is 2.22. The molecule has 1 heterocycles. The topological polar surface area (TPSA) is 51.2 Å². The zero-order valence-corrected chi connectivity index (χ0v) is 15.9. The fraction of sp³-hybridized carbons (Fsp3) is 0.217. The van der Waals surface area contributed by atoms with Crippen molar-refractivity contribution >= 4 is 5.91 Å². The van der Waals surface area contributed by atoms with Gasteiger partial charge in [0.05, 0.1) is 6.20 Å². The highest BCUT2D eigenvalue weighted by molar-refractivity contribution is 5.94. The van der Waals surface area contributed by atoms with Gasteiger partial charge >= 0.3 is 0 Å². The molecule has 0 saturated heterocycles. The van der Waals surface area contributed by atoms with Crippen molar-refractivity contribution in [3.63, 3.8) is 0 Å². The van der Waals surface area contributed by atoms with Crippen LogP contribution >= 0.6 is 0 Å². The predicted octanol–water partition coefficient (Wildman–Crippen LogP) is 4.93. The lowest BCUT2D eigenvalue weighted by Crippen LogP contribution is -2.45. The molecule has 138 valence electrons. The van der Waals surface area contributed by atoms with E-state index in [-0.39, 0.29) is 11.4 Å². The molecule has 0 spiro atoms. The van der Waals surface area contributed by atoms with Crippen LogP contribution in [-0.4, -0.2) is 16.4 Å². The van der Waals surface area contributed by atoms with Gasteiger partial charge in [0.15, 0.2) is 0 Å². The normalized spacial score (nSPS) is 11.1. The summed E-state index contributed by atoms with van der Waals surface area (Å²) in [4.78, 5) is 16.7. The van der Waals surface area contributed by atoms with E-state index in [0.717, 1.165) is 6.42 Å². The number of ether oxygens (including phenoxy) is 1. The van der Waals surface area contributed by atoms with Gasteiger partial charge in [0, 0.05) is 17.3 Å². The van der Waals surface area contributed by atoms with Gasteiger partial charge in [-0.25, -0.2) is 0 Å². The van der Waals surface area contributed by atoms with E-state index in [4.69, 9.17) is 4.74 Å². The number of nitrogens with one attached hydrogen (secondary N) is 1. The third-order valence-corrected chi connectivity index (χ3v) is 4.33. The predicted molar refractivity (Wildman–Crippen MR) is 107 cm³/mol. The third-order valence-electron chi connectivity index (χ3n) is 4.33. The molecule has 0 radical (unpaired) electrons. The molecule has 0 saturated carbocycles. The summed E-state index contributed by atoms with van der Waals surface area (Å²) in [5.74, 6) is 1.23. The summed E-state index contributed by atoms with van der Waals surface area (Å²) in [6, 6.07) is 19.0. The Labute approximate surface area is 160 Å². The molecule has 2 aromatic carbocycles. The quantitative estimate of drug-likeness (QED) is 0.678. The van der Waals surface area contributed by atoms with Gasteiger partial charge in [0.25, 0.3) is 5.91 Å². The van der Waals surface area contributed by atoms with E-state index < -0.39 is 0 Å². The zero-order chi connectivity index (χ0) is 19.3. The number of benzene rings is 2. The number of pyridine rings is 1. The van der Waals surface area contributed by atoms with Crippen LogP contribution in [0.5, 0.6) is 11.5 Å². The highest BCUT2D eigenvalue weighted by Crippen LogP contribution is 2.21. The van der Waals surface area contributed by atoms with Crippen LogP contribution in [-0.2, 0) is 6.42 Å². The number of hydrogen-bond acceptors (Lipinski definition) is 3. The van der Waals surface area contributed by atoms with Crippen molar-refractivity contribution in [2.45, 2.75) is 32.7 Å². The lowest BCUT2D eigenvalue weighted by Gasteiger charge is -2.27. The number of nitrogens with zero attached hydrogens (tertiary/aromatic N) is 1. The Morgan fingerprint density at radius 1 is 1.00 bits per heavy atom. The van der Waals surface area contributed by atoms with E-state index in [1.807, 2.05) is 38.1 Å². The van der Waals surface area contributed by atoms with Gasteiger partial charge in [0.1, 0.15) is 11.5 Å². The molecule has 0 atom stereocenters. The average Bonchev–Trinajstić information content (AvgIpc) is 2.64. The summed E-state index contributed by atoms with van der Waals surface area (Å²) in [5, 5.41) is 3.13. The van der Waals surface area contributed by atoms with Gasteiger partial charge in [-0.2, -0.15) is 0 Å². The Morgan fingerprint density at radius 3 is 2.41 bits per heavy atom. The van der Waals surface area contributed by atoms with Gasteiger partial charge in [-0.05, 0) is 74.7 Å². The minimum atomic E-state index is -0.353. The summed E-state index contributed by atoms with van der Waals surface area (Å²) in [5.41, 5.74) is 2.72. The molecule has 0 unspecified atom stereocenters. The Hall–Kier alpha value is -3.14. The number of hydrogen-bond donors (Lipinski definition) is 1. The van der Waals surface area contributed by atoms with Crippen LogP contribution in [0.3, 0.4) is 0 Å². The molecule has 27 heavy (non-hydrogen) atoms. The van der Waals surface area contributed by atoms with Crippen molar-refractivity contribution in [3.8, 4) is 11.5 Å². The molecule has 0 aliphatic carbocycles. The number of amides is 1. The Balaban J connectivity index is 1.64. The largest absolute Gasteiger partial charge is 0.456 e. The molecular formula is C23H24N2O2. The maximum atomic E-state index is 12.6. The molecule has 1 amide bonds. The Morgan fingerprint density at radius 2 is 1.74 bits per heavy atom. The summed E-state index contributed by atoms with van der Waals surface area (Å²) >= 11 is 0. The third kappa shape index (κ3) is 5.17. The van der Waals surface area contributed by atoms with E-state index >= 15 is 0 Å². The number of rotatable bonds is 6. The molecule has 3 rings (SSSR count). The molecule has 0 aliphatic heterocycles. The lowest BCUT2D eigenvalue weighted by atomic mass is 9.92. The van der Waals surface area contributed by atoms with Crippen molar-refractivity contribution in [2.24, 2.45) is 0 Å². The highest BCUT2D eigenvalue weighted by atomic mass is 16.5. The molecule has 0 aliphatic rings. The van der Waals surface area contributed by atoms with Crippen molar-refractivity contribution < 1.29 is 9.53 Å². The van der Waals surface area contributed by atoms with Crippen molar-refractivity contribution in [1.82, 2.24) is 10.3 Å². The van der Waals surface area contributed by atoms with E-state index in [2.05, 4.69) is 29.4 Å². The van der Waals surface area contributed by atoms with Crippen molar-refractivity contribution in [3.05, 3.63) is 89.7 Å². The standard InChI is InChI=1S/C23H24N2O2/c1-17-7-4-5-8-19(17)15-23(2,3)25-22(26)18-10-12-20(13-11-18)27-21-9-6-14-24-16-21/h4-14,16H,15H2,1-3H3,(H,25,26). The first-order valence-electron chi connectivity index (χ1n) is 8.98. The Bertz CT molecular complexity index is 903. The smallest absolute Gasteiger partial charge is 0.251 e. The van der Waals surface area contributed by atoms with Crippen LogP contribution in [0, 0.1) is 6.92 Å². The van der Waals surface area contributed by atoms with E-state index in [1.165, 1.54) is 11.1 Å². The maximum Gasteiger partial charge on any atom is 0.251 e. The van der Waals surface area contributed by atoms with Crippen LogP contribution < -0.4 is 10.1 Å². The van der Waals surface area contributed by atoms with Crippen LogP contribution in [0.2, 0.25) is 0 Å². The fourth-order valence-electron chi connectivity index (χ4n) is 2.93. The zero-order valence-electron chi connectivity index (χ0n) is 15.9. The fourth-order valence-corrected chi connectivity index (χ4v) is 2.93. The van der Waals surface area contributed by atoms with Gasteiger partial charge in [0.2, 0.25) is 0 Å². The van der Waals surface area contributed by atoms with Gasteiger partial charge in [-0.3, -0.25) is 9.78 Å². The monoisotopic (exact) mass is 360 g/mol. The van der Waals surface area contributed by atoms with Crippen LogP contribution in [0.1, 0.15) is 35.3 Å². The molecule has 3 aromatic rings. The summed E-state index contributed by atoms with van der Waals surface area (Å²) < 4.78 is 5.71. The number of carbonyl (C=O) groups excluding carboxylic acids is 1. The molecule has 4 nitrogen and oxygen atoms in total. The van der Waals surface area contributed by atoms with Gasteiger partial charge in [-0.15, -0.1) is 0 Å². The number of carbonyl (C=O) groups is 1. The first kappa shape index (κ1) is 18.6.